The molecule has 1 aliphatic heterocycles. The number of aromatic amines is 1. The van der Waals surface area contributed by atoms with Crippen LogP contribution in [0.15, 0.2) is 30.5 Å². The van der Waals surface area contributed by atoms with Crippen molar-refractivity contribution in [3.63, 3.8) is 0 Å². The van der Waals surface area contributed by atoms with E-state index < -0.39 is 0 Å². The average molecular weight is 338 g/mol. The Morgan fingerprint density at radius 2 is 2.28 bits per heavy atom. The van der Waals surface area contributed by atoms with Gasteiger partial charge in [-0.25, -0.2) is 0 Å². The average Bonchev–Trinajstić information content (AvgIpc) is 3.20. The number of fused-ring (bicyclic) bond motifs is 1. The molecule has 2 aromatic heterocycles. The fourth-order valence-corrected chi connectivity index (χ4v) is 3.62. The van der Waals surface area contributed by atoms with Crippen LogP contribution in [0.2, 0.25) is 0 Å². The molecule has 1 amide bonds. The molecule has 0 spiro atoms. The van der Waals surface area contributed by atoms with Gasteiger partial charge in [0.1, 0.15) is 5.82 Å². The Balaban J connectivity index is 1.50. The molecule has 7 nitrogen and oxygen atoms in total. The van der Waals surface area contributed by atoms with Crippen LogP contribution in [0.5, 0.6) is 0 Å². The van der Waals surface area contributed by atoms with E-state index in [2.05, 4.69) is 31.6 Å². The number of piperidine rings is 1. The first-order valence-corrected chi connectivity index (χ1v) is 8.60. The van der Waals surface area contributed by atoms with Gasteiger partial charge in [-0.3, -0.25) is 14.6 Å². The molecule has 2 N–H and O–H groups in total. The summed E-state index contributed by atoms with van der Waals surface area (Å²) in [6, 6.07) is 7.88. The van der Waals surface area contributed by atoms with Gasteiger partial charge >= 0.3 is 0 Å². The molecule has 0 aliphatic carbocycles. The lowest BCUT2D eigenvalue weighted by Gasteiger charge is -2.34. The van der Waals surface area contributed by atoms with Gasteiger partial charge in [-0.15, -0.1) is 0 Å². The van der Waals surface area contributed by atoms with E-state index in [9.17, 15) is 4.79 Å². The van der Waals surface area contributed by atoms with E-state index in [1.165, 1.54) is 0 Å². The molecule has 0 saturated carbocycles. The number of aromatic nitrogens is 4. The zero-order valence-electron chi connectivity index (χ0n) is 14.5. The zero-order valence-corrected chi connectivity index (χ0v) is 14.5. The molecule has 1 fully saturated rings. The van der Waals surface area contributed by atoms with E-state index in [0.717, 1.165) is 48.3 Å². The molecule has 0 bridgehead atoms. The number of aryl methyl sites for hydroxylation is 2. The smallest absolute Gasteiger partial charge is 0.253 e. The molecule has 4 rings (SSSR count). The van der Waals surface area contributed by atoms with Crippen LogP contribution in [0, 0.1) is 6.92 Å². The van der Waals surface area contributed by atoms with E-state index in [1.54, 1.807) is 6.20 Å². The topological polar surface area (TPSA) is 78.8 Å². The van der Waals surface area contributed by atoms with Crippen LogP contribution in [-0.2, 0) is 7.05 Å². The van der Waals surface area contributed by atoms with Gasteiger partial charge in [0.2, 0.25) is 0 Å². The first kappa shape index (κ1) is 15.7. The summed E-state index contributed by atoms with van der Waals surface area (Å²) in [7, 11) is 1.96. The summed E-state index contributed by atoms with van der Waals surface area (Å²) in [4.78, 5) is 15.0. The minimum Gasteiger partial charge on any atom is -0.355 e. The van der Waals surface area contributed by atoms with Crippen LogP contribution in [0.1, 0.15) is 28.9 Å². The minimum absolute atomic E-state index is 0.0529. The first-order valence-electron chi connectivity index (χ1n) is 8.60. The highest BCUT2D eigenvalue weighted by molar-refractivity contribution is 6.05. The maximum atomic E-state index is 12.7. The Bertz CT molecular complexity index is 911. The van der Waals surface area contributed by atoms with Crippen LogP contribution in [0.3, 0.4) is 0 Å². The molecule has 1 atom stereocenters. The van der Waals surface area contributed by atoms with Crippen molar-refractivity contribution < 1.29 is 4.79 Å². The van der Waals surface area contributed by atoms with Crippen molar-refractivity contribution in [1.29, 1.82) is 0 Å². The molecule has 1 unspecified atom stereocenters. The second-order valence-electron chi connectivity index (χ2n) is 6.67. The van der Waals surface area contributed by atoms with Crippen molar-refractivity contribution in [1.82, 2.24) is 25.3 Å². The van der Waals surface area contributed by atoms with Gasteiger partial charge in [0.25, 0.3) is 5.91 Å². The summed E-state index contributed by atoms with van der Waals surface area (Å²) >= 11 is 0. The zero-order chi connectivity index (χ0) is 17.4. The molecule has 1 aliphatic rings. The fraction of sp³-hybridized carbons (Fsp3) is 0.389. The second kappa shape index (κ2) is 6.23. The van der Waals surface area contributed by atoms with Crippen molar-refractivity contribution in [3.8, 4) is 0 Å². The lowest BCUT2D eigenvalue weighted by Crippen LogP contribution is -2.48. The number of para-hydroxylation sites is 1. The van der Waals surface area contributed by atoms with Crippen molar-refractivity contribution in [2.75, 3.05) is 18.0 Å². The molecular weight excluding hydrogens is 316 g/mol. The molecule has 25 heavy (non-hydrogen) atoms. The van der Waals surface area contributed by atoms with Crippen molar-refractivity contribution >= 4 is 22.6 Å². The molecule has 3 aromatic rings. The Kier molecular flexibility index (Phi) is 3.91. The Hall–Kier alpha value is -2.83. The number of hydrogen-bond donors (Lipinski definition) is 2. The summed E-state index contributed by atoms with van der Waals surface area (Å²) < 4.78 is 1.91. The molecular formula is C18H22N6O. The number of amides is 1. The van der Waals surface area contributed by atoms with Gasteiger partial charge < -0.3 is 10.2 Å². The van der Waals surface area contributed by atoms with Crippen LogP contribution in [0.25, 0.3) is 10.9 Å². The fourth-order valence-electron chi connectivity index (χ4n) is 3.62. The van der Waals surface area contributed by atoms with Gasteiger partial charge in [0, 0.05) is 37.6 Å². The van der Waals surface area contributed by atoms with Crippen LogP contribution >= 0.6 is 0 Å². The quantitative estimate of drug-likeness (QED) is 0.766. The minimum atomic E-state index is -0.0529. The number of H-pyrrole nitrogens is 1. The van der Waals surface area contributed by atoms with Gasteiger partial charge in [-0.05, 0) is 25.8 Å². The number of benzene rings is 1. The first-order chi connectivity index (χ1) is 12.1. The van der Waals surface area contributed by atoms with Gasteiger partial charge in [-0.1, -0.05) is 12.1 Å². The van der Waals surface area contributed by atoms with Crippen molar-refractivity contribution in [2.24, 2.45) is 7.05 Å². The SMILES string of the molecule is Cc1cc(N2CCCC(NC(=O)c3cccc4cn[nH]c34)C2)n(C)n1. The van der Waals surface area contributed by atoms with Crippen molar-refractivity contribution in [2.45, 2.75) is 25.8 Å². The van der Waals surface area contributed by atoms with Crippen LogP contribution in [-0.4, -0.2) is 45.0 Å². The molecule has 7 heteroatoms. The third-order valence-corrected chi connectivity index (χ3v) is 4.78. The number of carbonyl (C=O) groups excluding carboxylic acids is 1. The highest BCUT2D eigenvalue weighted by Gasteiger charge is 2.24. The predicted molar refractivity (Wildman–Crippen MR) is 96.7 cm³/mol. The third kappa shape index (κ3) is 2.97. The van der Waals surface area contributed by atoms with Gasteiger partial charge in [0.05, 0.1) is 23.0 Å². The number of rotatable bonds is 3. The number of hydrogen-bond acceptors (Lipinski definition) is 4. The molecule has 1 aromatic carbocycles. The second-order valence-corrected chi connectivity index (χ2v) is 6.67. The lowest BCUT2D eigenvalue weighted by molar-refractivity contribution is 0.0934. The van der Waals surface area contributed by atoms with E-state index in [4.69, 9.17) is 0 Å². The molecule has 1 saturated heterocycles. The van der Waals surface area contributed by atoms with Crippen LogP contribution in [0.4, 0.5) is 5.82 Å². The summed E-state index contributed by atoms with van der Waals surface area (Å²) in [5, 5.41) is 15.5. The highest BCUT2D eigenvalue weighted by atomic mass is 16.1. The number of anilines is 1. The molecule has 0 radical (unpaired) electrons. The van der Waals surface area contributed by atoms with Gasteiger partial charge in [-0.2, -0.15) is 10.2 Å². The maximum absolute atomic E-state index is 12.7. The molecule has 3 heterocycles. The summed E-state index contributed by atoms with van der Waals surface area (Å²) in [5.41, 5.74) is 2.44. The number of nitrogens with zero attached hydrogens (tertiary/aromatic N) is 4. The lowest BCUT2D eigenvalue weighted by atomic mass is 10.0. The monoisotopic (exact) mass is 338 g/mol. The Morgan fingerprint density at radius 3 is 3.08 bits per heavy atom. The number of carbonyl (C=O) groups is 1. The van der Waals surface area contributed by atoms with E-state index in [-0.39, 0.29) is 11.9 Å². The summed E-state index contributed by atoms with van der Waals surface area (Å²) in [5.74, 6) is 1.05. The number of nitrogens with one attached hydrogen (secondary N) is 2. The Morgan fingerprint density at radius 1 is 1.40 bits per heavy atom. The van der Waals surface area contributed by atoms with Crippen molar-refractivity contribution in [3.05, 3.63) is 41.7 Å². The Labute approximate surface area is 146 Å². The summed E-state index contributed by atoms with van der Waals surface area (Å²) in [6.07, 6.45) is 3.76. The maximum Gasteiger partial charge on any atom is 0.253 e. The third-order valence-electron chi connectivity index (χ3n) is 4.78. The van der Waals surface area contributed by atoms with E-state index >= 15 is 0 Å². The standard InChI is InChI=1S/C18H22N6O/c1-12-9-16(23(2)22-12)24-8-4-6-14(11-24)20-18(25)15-7-3-5-13-10-19-21-17(13)15/h3,5,7,9-10,14H,4,6,8,11H2,1-2H3,(H,19,21)(H,20,25). The van der Waals surface area contributed by atoms with Crippen LogP contribution < -0.4 is 10.2 Å². The summed E-state index contributed by atoms with van der Waals surface area (Å²) in [6.45, 7) is 3.78. The predicted octanol–water partition coefficient (Wildman–Crippen LogP) is 2.00. The highest BCUT2D eigenvalue weighted by Crippen LogP contribution is 2.21. The largest absolute Gasteiger partial charge is 0.355 e. The normalized spacial score (nSPS) is 17.8. The van der Waals surface area contributed by atoms with Gasteiger partial charge in [0.15, 0.2) is 0 Å². The van der Waals surface area contributed by atoms with E-state index in [0.29, 0.717) is 5.56 Å². The molecule has 130 valence electrons. The van der Waals surface area contributed by atoms with E-state index in [1.807, 2.05) is 36.9 Å².